The molecule has 2 amide bonds. The second-order valence-corrected chi connectivity index (χ2v) is 4.64. The van der Waals surface area contributed by atoms with Gasteiger partial charge in [-0.1, -0.05) is 13.8 Å². The Morgan fingerprint density at radius 2 is 1.70 bits per heavy atom. The van der Waals surface area contributed by atoms with Gasteiger partial charge in [-0.3, -0.25) is 0 Å². The standard InChI is InChI=1S/C13H22N2O5/c1-9(2)7-14-13(18)15-10(3)8-20-12(17)6-5-11(16)19-4/h5-6,9-10H,7-8H2,1-4H3,(H2,14,15,18)/b6-5+/t10-/m1/s1. The Kier molecular flexibility index (Phi) is 8.82. The van der Waals surface area contributed by atoms with Crippen molar-refractivity contribution in [2.75, 3.05) is 20.3 Å². The molecule has 0 aromatic rings. The van der Waals surface area contributed by atoms with Gasteiger partial charge in [0, 0.05) is 18.7 Å². The van der Waals surface area contributed by atoms with Gasteiger partial charge in [0.15, 0.2) is 0 Å². The first kappa shape index (κ1) is 17.9. The van der Waals surface area contributed by atoms with E-state index in [1.807, 2.05) is 13.8 Å². The van der Waals surface area contributed by atoms with E-state index in [1.165, 1.54) is 7.11 Å². The Balaban J connectivity index is 3.89. The summed E-state index contributed by atoms with van der Waals surface area (Å²) >= 11 is 0. The maximum absolute atomic E-state index is 11.4. The number of hydrogen-bond acceptors (Lipinski definition) is 5. The van der Waals surface area contributed by atoms with Crippen molar-refractivity contribution in [1.82, 2.24) is 10.6 Å². The zero-order chi connectivity index (χ0) is 15.5. The molecular weight excluding hydrogens is 264 g/mol. The topological polar surface area (TPSA) is 93.7 Å². The van der Waals surface area contributed by atoms with Gasteiger partial charge in [0.2, 0.25) is 0 Å². The molecule has 0 aliphatic rings. The number of ether oxygens (including phenoxy) is 2. The largest absolute Gasteiger partial charge is 0.466 e. The second kappa shape index (κ2) is 9.82. The number of esters is 2. The van der Waals surface area contributed by atoms with Gasteiger partial charge in [-0.15, -0.1) is 0 Å². The quantitative estimate of drug-likeness (QED) is 0.528. The minimum Gasteiger partial charge on any atom is -0.466 e. The van der Waals surface area contributed by atoms with Crippen LogP contribution in [-0.4, -0.2) is 44.3 Å². The number of methoxy groups -OCH3 is 1. The van der Waals surface area contributed by atoms with Gasteiger partial charge in [0.1, 0.15) is 6.61 Å². The van der Waals surface area contributed by atoms with Crippen LogP contribution in [0, 0.1) is 5.92 Å². The summed E-state index contributed by atoms with van der Waals surface area (Å²) in [5.41, 5.74) is 0. The van der Waals surface area contributed by atoms with Crippen LogP contribution in [0.5, 0.6) is 0 Å². The van der Waals surface area contributed by atoms with Crippen LogP contribution in [0.25, 0.3) is 0 Å². The van der Waals surface area contributed by atoms with Gasteiger partial charge in [0.25, 0.3) is 0 Å². The molecule has 0 fully saturated rings. The summed E-state index contributed by atoms with van der Waals surface area (Å²) in [6, 6.07) is -0.648. The van der Waals surface area contributed by atoms with Crippen molar-refractivity contribution in [2.45, 2.75) is 26.8 Å². The van der Waals surface area contributed by atoms with E-state index >= 15 is 0 Å². The first-order valence-corrected chi connectivity index (χ1v) is 6.32. The van der Waals surface area contributed by atoms with Gasteiger partial charge >= 0.3 is 18.0 Å². The number of nitrogens with one attached hydrogen (secondary N) is 2. The predicted molar refractivity (Wildman–Crippen MR) is 72.9 cm³/mol. The van der Waals surface area contributed by atoms with Crippen LogP contribution in [0.2, 0.25) is 0 Å². The van der Waals surface area contributed by atoms with Crippen molar-refractivity contribution in [3.8, 4) is 0 Å². The highest BCUT2D eigenvalue weighted by Crippen LogP contribution is 1.90. The third-order valence-corrected chi connectivity index (χ3v) is 2.08. The lowest BCUT2D eigenvalue weighted by Crippen LogP contribution is -2.44. The fourth-order valence-corrected chi connectivity index (χ4v) is 1.07. The molecule has 0 saturated carbocycles. The number of amides is 2. The van der Waals surface area contributed by atoms with Crippen LogP contribution in [0.3, 0.4) is 0 Å². The molecule has 0 radical (unpaired) electrons. The lowest BCUT2D eigenvalue weighted by molar-refractivity contribution is -0.139. The molecule has 7 heteroatoms. The molecule has 114 valence electrons. The van der Waals surface area contributed by atoms with E-state index in [0.717, 1.165) is 12.2 Å². The monoisotopic (exact) mass is 286 g/mol. The zero-order valence-electron chi connectivity index (χ0n) is 12.3. The fraction of sp³-hybridized carbons (Fsp3) is 0.615. The molecular formula is C13H22N2O5. The van der Waals surface area contributed by atoms with Gasteiger partial charge in [0.05, 0.1) is 13.2 Å². The van der Waals surface area contributed by atoms with E-state index in [2.05, 4.69) is 15.4 Å². The summed E-state index contributed by atoms with van der Waals surface area (Å²) in [7, 11) is 1.21. The summed E-state index contributed by atoms with van der Waals surface area (Å²) in [5, 5.41) is 5.31. The minimum absolute atomic E-state index is 0.0133. The molecule has 0 rings (SSSR count). The van der Waals surface area contributed by atoms with Crippen molar-refractivity contribution in [3.63, 3.8) is 0 Å². The summed E-state index contributed by atoms with van der Waals surface area (Å²) in [6.07, 6.45) is 1.94. The number of urea groups is 1. The third kappa shape index (κ3) is 9.93. The molecule has 7 nitrogen and oxygen atoms in total. The van der Waals surface area contributed by atoms with Crippen LogP contribution >= 0.6 is 0 Å². The Labute approximate surface area is 118 Å². The molecule has 1 atom stereocenters. The predicted octanol–water partition coefficient (Wildman–Crippen LogP) is 0.602. The number of hydrogen-bond donors (Lipinski definition) is 2. The molecule has 0 aliphatic heterocycles. The second-order valence-electron chi connectivity index (χ2n) is 4.64. The van der Waals surface area contributed by atoms with Crippen molar-refractivity contribution in [1.29, 1.82) is 0 Å². The van der Waals surface area contributed by atoms with E-state index in [9.17, 15) is 14.4 Å². The molecule has 0 saturated heterocycles. The molecule has 0 spiro atoms. The average Bonchev–Trinajstić information content (AvgIpc) is 2.40. The van der Waals surface area contributed by atoms with Crippen LogP contribution < -0.4 is 10.6 Å². The molecule has 0 aromatic carbocycles. The van der Waals surface area contributed by atoms with E-state index in [1.54, 1.807) is 6.92 Å². The molecule has 0 bridgehead atoms. The number of carbonyl (C=O) groups is 3. The first-order valence-electron chi connectivity index (χ1n) is 6.32. The van der Waals surface area contributed by atoms with Gasteiger partial charge in [-0.05, 0) is 12.8 Å². The maximum Gasteiger partial charge on any atom is 0.331 e. The summed E-state index contributed by atoms with van der Waals surface area (Å²) in [5.74, 6) is -0.954. The number of carbonyl (C=O) groups excluding carboxylic acids is 3. The Hall–Kier alpha value is -2.05. The van der Waals surface area contributed by atoms with E-state index in [4.69, 9.17) is 4.74 Å². The lowest BCUT2D eigenvalue weighted by Gasteiger charge is -2.15. The van der Waals surface area contributed by atoms with Gasteiger partial charge in [-0.25, -0.2) is 14.4 Å². The summed E-state index contributed by atoms with van der Waals surface area (Å²) < 4.78 is 9.18. The first-order chi connectivity index (χ1) is 9.35. The van der Waals surface area contributed by atoms with Crippen molar-refractivity contribution < 1.29 is 23.9 Å². The van der Waals surface area contributed by atoms with Crippen LogP contribution in [0.1, 0.15) is 20.8 Å². The molecule has 0 aromatic heterocycles. The van der Waals surface area contributed by atoms with Crippen LogP contribution in [-0.2, 0) is 19.1 Å². The SMILES string of the molecule is COC(=O)/C=C/C(=O)OC[C@@H](C)NC(=O)NCC(C)C. The van der Waals surface area contributed by atoms with E-state index in [-0.39, 0.29) is 18.7 Å². The van der Waals surface area contributed by atoms with Gasteiger partial charge in [-0.2, -0.15) is 0 Å². The summed E-state index contributed by atoms with van der Waals surface area (Å²) in [6.45, 7) is 6.25. The zero-order valence-corrected chi connectivity index (χ0v) is 12.3. The highest BCUT2D eigenvalue weighted by molar-refractivity contribution is 5.91. The smallest absolute Gasteiger partial charge is 0.331 e. The van der Waals surface area contributed by atoms with Gasteiger partial charge < -0.3 is 20.1 Å². The normalized spacial score (nSPS) is 12.1. The Bertz CT molecular complexity index is 366. The van der Waals surface area contributed by atoms with Crippen molar-refractivity contribution >= 4 is 18.0 Å². The average molecular weight is 286 g/mol. The molecule has 0 unspecified atom stereocenters. The lowest BCUT2D eigenvalue weighted by atomic mass is 10.2. The summed E-state index contributed by atoms with van der Waals surface area (Å²) in [4.78, 5) is 33.4. The number of rotatable bonds is 7. The van der Waals surface area contributed by atoms with Crippen molar-refractivity contribution in [3.05, 3.63) is 12.2 Å². The molecule has 2 N–H and O–H groups in total. The van der Waals surface area contributed by atoms with Crippen molar-refractivity contribution in [2.24, 2.45) is 5.92 Å². The Morgan fingerprint density at radius 1 is 1.10 bits per heavy atom. The molecule has 0 heterocycles. The highest BCUT2D eigenvalue weighted by atomic mass is 16.5. The Morgan fingerprint density at radius 3 is 2.25 bits per heavy atom. The molecule has 20 heavy (non-hydrogen) atoms. The highest BCUT2D eigenvalue weighted by Gasteiger charge is 2.09. The maximum atomic E-state index is 11.4. The van der Waals surface area contributed by atoms with Crippen LogP contribution in [0.15, 0.2) is 12.2 Å². The van der Waals surface area contributed by atoms with E-state index in [0.29, 0.717) is 12.5 Å². The molecule has 0 aliphatic carbocycles. The van der Waals surface area contributed by atoms with Crippen LogP contribution in [0.4, 0.5) is 4.79 Å². The minimum atomic E-state index is -0.674. The fourth-order valence-electron chi connectivity index (χ4n) is 1.07. The third-order valence-electron chi connectivity index (χ3n) is 2.08. The van der Waals surface area contributed by atoms with E-state index < -0.39 is 11.9 Å².